The molecule has 0 amide bonds. The molecule has 0 saturated carbocycles. The first kappa shape index (κ1) is 18.6. The van der Waals surface area contributed by atoms with Crippen molar-refractivity contribution >= 4 is 34.7 Å². The van der Waals surface area contributed by atoms with Gasteiger partial charge in [0, 0.05) is 4.88 Å². The monoisotopic (exact) mass is 410 g/mol. The Hall–Kier alpha value is -2.77. The van der Waals surface area contributed by atoms with Gasteiger partial charge in [0.25, 0.3) is 5.56 Å². The second-order valence-corrected chi connectivity index (χ2v) is 8.22. The fraction of sp³-hybridized carbons (Fsp3) is 0.190. The average Bonchev–Trinajstić information content (AvgIpc) is 3.30. The minimum absolute atomic E-state index is 0.152. The Bertz CT molecular complexity index is 1220. The van der Waals surface area contributed by atoms with E-state index in [0.717, 1.165) is 10.4 Å². The first-order chi connectivity index (χ1) is 13.6. The molecule has 0 unspecified atom stereocenters. The molecular formula is C21H18N2O3S2. The van der Waals surface area contributed by atoms with E-state index in [1.54, 1.807) is 29.8 Å². The number of fused-ring (bicyclic) bond motifs is 1. The smallest absolute Gasteiger partial charge is 0.338 e. The second kappa shape index (κ2) is 7.69. The number of ether oxygens (including phenoxy) is 1. The van der Waals surface area contributed by atoms with E-state index >= 15 is 0 Å². The Morgan fingerprint density at radius 2 is 2.04 bits per heavy atom. The fourth-order valence-corrected chi connectivity index (χ4v) is 5.01. The highest BCUT2D eigenvalue weighted by Gasteiger charge is 2.33. The van der Waals surface area contributed by atoms with Crippen molar-refractivity contribution in [2.75, 3.05) is 6.61 Å². The minimum atomic E-state index is -0.554. The third kappa shape index (κ3) is 3.27. The summed E-state index contributed by atoms with van der Waals surface area (Å²) in [5.74, 6) is -0.440. The van der Waals surface area contributed by atoms with Crippen LogP contribution in [-0.2, 0) is 9.53 Å². The van der Waals surface area contributed by atoms with Gasteiger partial charge >= 0.3 is 5.97 Å². The third-order valence-corrected chi connectivity index (χ3v) is 6.25. The Kier molecular flexibility index (Phi) is 5.11. The number of thiazole rings is 1. The summed E-state index contributed by atoms with van der Waals surface area (Å²) < 4.78 is 7.48. The van der Waals surface area contributed by atoms with Gasteiger partial charge in [-0.05, 0) is 36.9 Å². The maximum Gasteiger partial charge on any atom is 0.338 e. The first-order valence-electron chi connectivity index (χ1n) is 8.88. The number of hydrogen-bond acceptors (Lipinski definition) is 6. The lowest BCUT2D eigenvalue weighted by Gasteiger charge is -2.24. The zero-order chi connectivity index (χ0) is 19.7. The molecule has 5 nitrogen and oxygen atoms in total. The van der Waals surface area contributed by atoms with Crippen molar-refractivity contribution < 1.29 is 9.53 Å². The molecule has 0 bridgehead atoms. The van der Waals surface area contributed by atoms with Crippen LogP contribution in [0.5, 0.6) is 0 Å². The lowest BCUT2D eigenvalue weighted by molar-refractivity contribution is -0.139. The molecule has 1 aromatic carbocycles. The first-order valence-corrected chi connectivity index (χ1v) is 10.6. The zero-order valence-corrected chi connectivity index (χ0v) is 17.0. The van der Waals surface area contributed by atoms with Crippen molar-refractivity contribution in [1.82, 2.24) is 4.57 Å². The van der Waals surface area contributed by atoms with Crippen molar-refractivity contribution in [3.63, 3.8) is 0 Å². The van der Waals surface area contributed by atoms with Crippen molar-refractivity contribution in [2.24, 2.45) is 4.99 Å². The van der Waals surface area contributed by atoms with Crippen molar-refractivity contribution in [2.45, 2.75) is 19.9 Å². The van der Waals surface area contributed by atoms with Crippen LogP contribution in [0.15, 0.2) is 68.9 Å². The third-order valence-electron chi connectivity index (χ3n) is 4.45. The SMILES string of the molecule is CCOC(=O)C1=C(C)N=c2sc(=Cc3cccs3)c(=O)n2[C@@H]1c1ccccc1. The standard InChI is InChI=1S/C21H18N2O3S2/c1-3-26-20(25)17-13(2)22-21-23(18(17)14-8-5-4-6-9-14)19(24)16(28-21)12-15-10-7-11-27-15/h4-12,18H,3H2,1-2H3/t18-/m1/s1. The quantitative estimate of drug-likeness (QED) is 0.622. The van der Waals surface area contributed by atoms with E-state index < -0.39 is 12.0 Å². The van der Waals surface area contributed by atoms with Gasteiger partial charge in [0.2, 0.25) is 0 Å². The Morgan fingerprint density at radius 1 is 1.25 bits per heavy atom. The number of nitrogens with zero attached hydrogens (tertiary/aromatic N) is 2. The van der Waals surface area contributed by atoms with Gasteiger partial charge in [-0.3, -0.25) is 9.36 Å². The van der Waals surface area contributed by atoms with Crippen LogP contribution in [0.1, 0.15) is 30.3 Å². The maximum atomic E-state index is 13.3. The van der Waals surface area contributed by atoms with E-state index in [2.05, 4.69) is 4.99 Å². The van der Waals surface area contributed by atoms with Crippen molar-refractivity contribution in [3.8, 4) is 0 Å². The lowest BCUT2D eigenvalue weighted by Crippen LogP contribution is -2.39. The van der Waals surface area contributed by atoms with Gasteiger partial charge in [0.1, 0.15) is 0 Å². The van der Waals surface area contributed by atoms with Crippen molar-refractivity contribution in [1.29, 1.82) is 0 Å². The molecule has 3 aromatic rings. The number of carbonyl (C=O) groups is 1. The number of rotatable bonds is 4. The zero-order valence-electron chi connectivity index (χ0n) is 15.4. The largest absolute Gasteiger partial charge is 0.463 e. The molecule has 142 valence electrons. The summed E-state index contributed by atoms with van der Waals surface area (Å²) in [6.45, 7) is 3.82. The normalized spacial score (nSPS) is 16.6. The second-order valence-electron chi connectivity index (χ2n) is 6.23. The summed E-state index contributed by atoms with van der Waals surface area (Å²) >= 11 is 2.91. The predicted molar refractivity (Wildman–Crippen MR) is 111 cm³/mol. The molecule has 0 fully saturated rings. The van der Waals surface area contributed by atoms with Crippen LogP contribution in [0, 0.1) is 0 Å². The van der Waals surface area contributed by atoms with E-state index in [0.29, 0.717) is 20.6 Å². The number of allylic oxidation sites excluding steroid dienone is 1. The van der Waals surface area contributed by atoms with E-state index in [1.807, 2.05) is 53.9 Å². The number of hydrogen-bond donors (Lipinski definition) is 0. The van der Waals surface area contributed by atoms with E-state index in [1.165, 1.54) is 11.3 Å². The van der Waals surface area contributed by atoms with E-state index in [-0.39, 0.29) is 12.2 Å². The lowest BCUT2D eigenvalue weighted by atomic mass is 9.96. The Balaban J connectivity index is 1.97. The molecule has 4 rings (SSSR count). The number of thiophene rings is 1. The fourth-order valence-electron chi connectivity index (χ4n) is 3.24. The molecule has 0 saturated heterocycles. The van der Waals surface area contributed by atoms with Crippen molar-refractivity contribution in [3.05, 3.63) is 89.2 Å². The molecular weight excluding hydrogens is 392 g/mol. The summed E-state index contributed by atoms with van der Waals surface area (Å²) in [5, 5.41) is 1.97. The average molecular weight is 411 g/mol. The van der Waals surface area contributed by atoms with Crippen LogP contribution in [0.4, 0.5) is 0 Å². The van der Waals surface area contributed by atoms with Crippen LogP contribution < -0.4 is 14.9 Å². The number of aromatic nitrogens is 1. The minimum Gasteiger partial charge on any atom is -0.463 e. The number of benzene rings is 1. The molecule has 28 heavy (non-hydrogen) atoms. The van der Waals surface area contributed by atoms with Crippen LogP contribution in [0.2, 0.25) is 0 Å². The molecule has 0 N–H and O–H groups in total. The van der Waals surface area contributed by atoms with Crippen LogP contribution in [0.25, 0.3) is 6.08 Å². The van der Waals surface area contributed by atoms with Gasteiger partial charge < -0.3 is 4.74 Å². The molecule has 1 aliphatic heterocycles. The summed E-state index contributed by atoms with van der Waals surface area (Å²) in [4.78, 5) is 32.1. The van der Waals surface area contributed by atoms with Crippen LogP contribution in [-0.4, -0.2) is 17.1 Å². The van der Waals surface area contributed by atoms with Gasteiger partial charge in [-0.25, -0.2) is 9.79 Å². The van der Waals surface area contributed by atoms with Gasteiger partial charge in [-0.15, -0.1) is 11.3 Å². The summed E-state index contributed by atoms with van der Waals surface area (Å²) in [6, 6.07) is 12.9. The highest BCUT2D eigenvalue weighted by atomic mass is 32.1. The van der Waals surface area contributed by atoms with Gasteiger partial charge in [0.05, 0.1) is 28.5 Å². The van der Waals surface area contributed by atoms with Gasteiger partial charge in [-0.2, -0.15) is 0 Å². The number of carbonyl (C=O) groups excluding carboxylic acids is 1. The van der Waals surface area contributed by atoms with E-state index in [9.17, 15) is 9.59 Å². The number of esters is 1. The summed E-state index contributed by atoms with van der Waals surface area (Å²) in [7, 11) is 0. The highest BCUT2D eigenvalue weighted by Crippen LogP contribution is 2.30. The summed E-state index contributed by atoms with van der Waals surface area (Å²) in [6.07, 6.45) is 1.87. The Morgan fingerprint density at radius 3 is 2.71 bits per heavy atom. The molecule has 2 aromatic heterocycles. The van der Waals surface area contributed by atoms with E-state index in [4.69, 9.17) is 4.74 Å². The molecule has 0 aliphatic carbocycles. The molecule has 3 heterocycles. The molecule has 0 spiro atoms. The topological polar surface area (TPSA) is 60.7 Å². The summed E-state index contributed by atoms with van der Waals surface area (Å²) in [5.41, 5.74) is 1.68. The molecule has 7 heteroatoms. The van der Waals surface area contributed by atoms with Crippen LogP contribution >= 0.6 is 22.7 Å². The maximum absolute atomic E-state index is 13.3. The molecule has 1 aliphatic rings. The van der Waals surface area contributed by atoms with Gasteiger partial charge in [0.15, 0.2) is 4.80 Å². The Labute approximate surface area is 169 Å². The van der Waals surface area contributed by atoms with Crippen LogP contribution in [0.3, 0.4) is 0 Å². The molecule has 1 atom stereocenters. The highest BCUT2D eigenvalue weighted by molar-refractivity contribution is 7.11. The predicted octanol–water partition coefficient (Wildman–Crippen LogP) is 2.86. The molecule has 0 radical (unpaired) electrons. The van der Waals surface area contributed by atoms with Gasteiger partial charge in [-0.1, -0.05) is 47.7 Å².